The molecule has 0 aliphatic carbocycles. The molecule has 1 aromatic heterocycles. The highest BCUT2D eigenvalue weighted by Crippen LogP contribution is 2.24. The van der Waals surface area contributed by atoms with E-state index in [9.17, 15) is 17.6 Å². The number of rotatable bonds is 6. The van der Waals surface area contributed by atoms with Crippen LogP contribution in [0.15, 0.2) is 22.8 Å². The minimum atomic E-state index is -4.08. The SMILES string of the molecule is Cc1cc(NC(=O)c2c(C)cnn2CCCS(=O)(=O)O)c(F)cc1Br. The molecular weight excluding hydrogens is 417 g/mol. The first kappa shape index (κ1) is 19.5. The molecule has 136 valence electrons. The van der Waals surface area contributed by atoms with Crippen molar-refractivity contribution in [1.29, 1.82) is 0 Å². The molecule has 0 saturated carbocycles. The van der Waals surface area contributed by atoms with Crippen molar-refractivity contribution in [2.24, 2.45) is 0 Å². The van der Waals surface area contributed by atoms with Crippen LogP contribution in [-0.2, 0) is 16.7 Å². The topological polar surface area (TPSA) is 101 Å². The molecule has 0 fully saturated rings. The third-order valence-corrected chi connectivity index (χ3v) is 5.17. The van der Waals surface area contributed by atoms with Crippen LogP contribution in [0.2, 0.25) is 0 Å². The molecule has 0 radical (unpaired) electrons. The molecule has 1 aromatic carbocycles. The Morgan fingerprint density at radius 1 is 1.36 bits per heavy atom. The van der Waals surface area contributed by atoms with Crippen molar-refractivity contribution in [2.75, 3.05) is 11.1 Å². The number of carbonyl (C=O) groups excluding carboxylic acids is 1. The Morgan fingerprint density at radius 3 is 2.68 bits per heavy atom. The fraction of sp³-hybridized carbons (Fsp3) is 0.333. The molecule has 0 unspecified atom stereocenters. The summed E-state index contributed by atoms with van der Waals surface area (Å²) in [4.78, 5) is 12.5. The first-order chi connectivity index (χ1) is 11.6. The number of nitrogens with zero attached hydrogens (tertiary/aromatic N) is 2. The lowest BCUT2D eigenvalue weighted by Crippen LogP contribution is -2.20. The lowest BCUT2D eigenvalue weighted by atomic mass is 10.2. The molecule has 0 saturated heterocycles. The van der Waals surface area contributed by atoms with E-state index in [-0.39, 0.29) is 24.3 Å². The fourth-order valence-corrected chi connectivity index (χ4v) is 3.09. The van der Waals surface area contributed by atoms with Gasteiger partial charge < -0.3 is 5.32 Å². The van der Waals surface area contributed by atoms with Gasteiger partial charge in [0.2, 0.25) is 0 Å². The van der Waals surface area contributed by atoms with Gasteiger partial charge in [0.25, 0.3) is 16.0 Å². The molecule has 2 aromatic rings. The number of anilines is 1. The van der Waals surface area contributed by atoms with Crippen LogP contribution < -0.4 is 5.32 Å². The highest BCUT2D eigenvalue weighted by atomic mass is 79.9. The maximum atomic E-state index is 14.0. The summed E-state index contributed by atoms with van der Waals surface area (Å²) in [5.74, 6) is -1.57. The lowest BCUT2D eigenvalue weighted by molar-refractivity contribution is 0.101. The molecule has 25 heavy (non-hydrogen) atoms. The van der Waals surface area contributed by atoms with E-state index in [2.05, 4.69) is 26.3 Å². The van der Waals surface area contributed by atoms with Crippen molar-refractivity contribution in [3.8, 4) is 0 Å². The highest BCUT2D eigenvalue weighted by molar-refractivity contribution is 9.10. The Balaban J connectivity index is 2.19. The second-order valence-corrected chi connectivity index (χ2v) is 8.00. The van der Waals surface area contributed by atoms with E-state index >= 15 is 0 Å². The van der Waals surface area contributed by atoms with Crippen molar-refractivity contribution < 1.29 is 22.2 Å². The van der Waals surface area contributed by atoms with Gasteiger partial charge in [-0.25, -0.2) is 4.39 Å². The minimum absolute atomic E-state index is 0.0378. The number of halogens is 2. The molecule has 7 nitrogen and oxygen atoms in total. The third-order valence-electron chi connectivity index (χ3n) is 3.51. The van der Waals surface area contributed by atoms with Crippen molar-refractivity contribution in [3.63, 3.8) is 0 Å². The van der Waals surface area contributed by atoms with Crippen LogP contribution in [-0.4, -0.2) is 34.4 Å². The number of hydrogen-bond donors (Lipinski definition) is 2. The van der Waals surface area contributed by atoms with E-state index in [0.717, 1.165) is 5.56 Å². The van der Waals surface area contributed by atoms with Gasteiger partial charge in [0, 0.05) is 11.0 Å². The van der Waals surface area contributed by atoms with E-state index < -0.39 is 27.6 Å². The molecule has 2 N–H and O–H groups in total. The molecule has 1 heterocycles. The number of amides is 1. The van der Waals surface area contributed by atoms with Crippen molar-refractivity contribution >= 4 is 37.6 Å². The molecule has 0 bridgehead atoms. The van der Waals surface area contributed by atoms with Crippen LogP contribution in [0.3, 0.4) is 0 Å². The Bertz CT molecular complexity index is 912. The Kier molecular flexibility index (Phi) is 5.96. The molecule has 0 aliphatic heterocycles. The molecule has 2 rings (SSSR count). The zero-order valence-corrected chi connectivity index (χ0v) is 16.0. The number of benzene rings is 1. The number of aryl methyl sites for hydroxylation is 3. The zero-order valence-electron chi connectivity index (χ0n) is 13.6. The third kappa shape index (κ3) is 5.10. The molecule has 0 spiro atoms. The van der Waals surface area contributed by atoms with Gasteiger partial charge in [-0.2, -0.15) is 13.5 Å². The largest absolute Gasteiger partial charge is 0.318 e. The average molecular weight is 434 g/mol. The van der Waals surface area contributed by atoms with Crippen LogP contribution >= 0.6 is 15.9 Å². The number of aromatic nitrogens is 2. The van der Waals surface area contributed by atoms with Crippen LogP contribution in [0.4, 0.5) is 10.1 Å². The van der Waals surface area contributed by atoms with Crippen LogP contribution in [0.5, 0.6) is 0 Å². The Hall–Kier alpha value is -1.78. The molecule has 0 atom stereocenters. The predicted octanol–water partition coefficient (Wildman–Crippen LogP) is 2.93. The normalized spacial score (nSPS) is 11.6. The number of carbonyl (C=O) groups is 1. The summed E-state index contributed by atoms with van der Waals surface area (Å²) in [5.41, 5.74) is 1.57. The van der Waals surface area contributed by atoms with E-state index in [1.807, 2.05) is 0 Å². The van der Waals surface area contributed by atoms with Gasteiger partial charge in [0.1, 0.15) is 11.5 Å². The van der Waals surface area contributed by atoms with Gasteiger partial charge in [-0.1, -0.05) is 15.9 Å². The van der Waals surface area contributed by atoms with Crippen LogP contribution in [0, 0.1) is 19.7 Å². The highest BCUT2D eigenvalue weighted by Gasteiger charge is 2.18. The summed E-state index contributed by atoms with van der Waals surface area (Å²) >= 11 is 3.22. The number of nitrogens with one attached hydrogen (secondary N) is 1. The second-order valence-electron chi connectivity index (χ2n) is 5.57. The Labute approximate surface area is 153 Å². The molecule has 0 aliphatic rings. The van der Waals surface area contributed by atoms with Crippen LogP contribution in [0.25, 0.3) is 0 Å². The number of hydrogen-bond acceptors (Lipinski definition) is 4. The smallest absolute Gasteiger partial charge is 0.274 e. The van der Waals surface area contributed by atoms with Gasteiger partial charge in [0.15, 0.2) is 0 Å². The van der Waals surface area contributed by atoms with Crippen molar-refractivity contribution in [1.82, 2.24) is 9.78 Å². The van der Waals surface area contributed by atoms with Crippen molar-refractivity contribution in [3.05, 3.63) is 45.4 Å². The van der Waals surface area contributed by atoms with Gasteiger partial charge in [0.05, 0.1) is 17.6 Å². The summed E-state index contributed by atoms with van der Waals surface area (Å²) in [7, 11) is -4.08. The summed E-state index contributed by atoms with van der Waals surface area (Å²) in [6.45, 7) is 3.56. The van der Waals surface area contributed by atoms with Gasteiger partial charge in [-0.15, -0.1) is 0 Å². The van der Waals surface area contributed by atoms with Gasteiger partial charge in [-0.3, -0.25) is 14.0 Å². The lowest BCUT2D eigenvalue weighted by Gasteiger charge is -2.11. The summed E-state index contributed by atoms with van der Waals surface area (Å²) in [5, 5.41) is 6.54. The van der Waals surface area contributed by atoms with Crippen molar-refractivity contribution in [2.45, 2.75) is 26.8 Å². The van der Waals surface area contributed by atoms with Gasteiger partial charge >= 0.3 is 0 Å². The first-order valence-corrected chi connectivity index (χ1v) is 9.73. The maximum absolute atomic E-state index is 14.0. The van der Waals surface area contributed by atoms with Gasteiger partial charge in [-0.05, 0) is 43.5 Å². The maximum Gasteiger partial charge on any atom is 0.274 e. The minimum Gasteiger partial charge on any atom is -0.318 e. The first-order valence-electron chi connectivity index (χ1n) is 7.33. The summed E-state index contributed by atoms with van der Waals surface area (Å²) in [6.07, 6.45) is 1.55. The molecular formula is C15H17BrFN3O4S. The van der Waals surface area contributed by atoms with Crippen LogP contribution in [0.1, 0.15) is 28.0 Å². The Morgan fingerprint density at radius 2 is 2.04 bits per heavy atom. The van der Waals surface area contributed by atoms with E-state index in [0.29, 0.717) is 10.0 Å². The standard InChI is InChI=1S/C15H17BrFN3O4S/c1-9-6-13(12(17)7-11(9)16)19-15(21)14-10(2)8-18-20(14)4-3-5-25(22,23)24/h6-8H,3-5H2,1-2H3,(H,19,21)(H,22,23,24). The summed E-state index contributed by atoms with van der Waals surface area (Å²) in [6, 6.07) is 2.77. The quantitative estimate of drug-likeness (QED) is 0.681. The zero-order chi connectivity index (χ0) is 18.8. The molecule has 1 amide bonds. The predicted molar refractivity (Wildman–Crippen MR) is 94.8 cm³/mol. The van der Waals surface area contributed by atoms with E-state index in [1.54, 1.807) is 13.8 Å². The average Bonchev–Trinajstić information content (AvgIpc) is 2.84. The molecule has 10 heteroatoms. The fourth-order valence-electron chi connectivity index (χ4n) is 2.28. The second kappa shape index (κ2) is 7.63. The summed E-state index contributed by atoms with van der Waals surface area (Å²) < 4.78 is 46.3. The van der Waals surface area contributed by atoms with E-state index in [4.69, 9.17) is 4.55 Å². The monoisotopic (exact) mass is 433 g/mol. The van der Waals surface area contributed by atoms with E-state index in [1.165, 1.54) is 23.0 Å².